The Kier molecular flexibility index (Phi) is 3.52. The van der Waals surface area contributed by atoms with E-state index in [1.54, 1.807) is 12.1 Å². The quantitative estimate of drug-likeness (QED) is 0.664. The molecule has 0 aliphatic carbocycles. The first-order chi connectivity index (χ1) is 8.97. The normalized spacial score (nSPS) is 10.2. The van der Waals surface area contributed by atoms with Crippen LogP contribution < -0.4 is 11.1 Å². The first-order valence-electron chi connectivity index (χ1n) is 5.41. The third-order valence-corrected chi connectivity index (χ3v) is 2.93. The van der Waals surface area contributed by atoms with Gasteiger partial charge in [0.1, 0.15) is 5.82 Å². The van der Waals surface area contributed by atoms with Crippen molar-refractivity contribution in [3.05, 3.63) is 51.0 Å². The lowest BCUT2D eigenvalue weighted by Gasteiger charge is -2.08. The molecule has 0 spiro atoms. The minimum absolute atomic E-state index is 0.0879. The van der Waals surface area contributed by atoms with Crippen LogP contribution in [-0.2, 0) is 0 Å². The Balaban J connectivity index is 2.39. The Bertz CT molecular complexity index is 646. The maximum absolute atomic E-state index is 10.9. The molecule has 7 heteroatoms. The van der Waals surface area contributed by atoms with E-state index in [0.29, 0.717) is 10.7 Å². The molecule has 0 saturated heterocycles. The van der Waals surface area contributed by atoms with E-state index < -0.39 is 4.92 Å². The van der Waals surface area contributed by atoms with Crippen molar-refractivity contribution in [2.24, 2.45) is 0 Å². The zero-order valence-electron chi connectivity index (χ0n) is 10.1. The third-order valence-electron chi connectivity index (χ3n) is 2.53. The van der Waals surface area contributed by atoms with Crippen molar-refractivity contribution in [1.29, 1.82) is 0 Å². The molecule has 0 fully saturated rings. The average Bonchev–Trinajstić information content (AvgIpc) is 2.33. The summed E-state index contributed by atoms with van der Waals surface area (Å²) in [5.41, 5.74) is 6.92. The van der Waals surface area contributed by atoms with Crippen LogP contribution in [0.1, 0.15) is 5.56 Å². The molecule has 0 radical (unpaired) electrons. The number of benzene rings is 1. The highest BCUT2D eigenvalue weighted by Gasteiger charge is 2.15. The number of aryl methyl sites for hydroxylation is 1. The molecule has 0 aliphatic heterocycles. The van der Waals surface area contributed by atoms with Crippen LogP contribution in [0, 0.1) is 17.0 Å². The Hall–Kier alpha value is -2.34. The lowest BCUT2D eigenvalue weighted by Crippen LogP contribution is -2.02. The maximum Gasteiger partial charge on any atom is 0.311 e. The van der Waals surface area contributed by atoms with Gasteiger partial charge in [-0.25, -0.2) is 4.98 Å². The zero-order valence-corrected chi connectivity index (χ0v) is 10.8. The molecule has 2 aromatic rings. The summed E-state index contributed by atoms with van der Waals surface area (Å²) in [6.45, 7) is 1.87. The monoisotopic (exact) mass is 278 g/mol. The van der Waals surface area contributed by atoms with Crippen LogP contribution in [0.3, 0.4) is 0 Å². The molecule has 6 nitrogen and oxygen atoms in total. The molecule has 1 aromatic carbocycles. The van der Waals surface area contributed by atoms with Crippen molar-refractivity contribution in [1.82, 2.24) is 4.98 Å². The van der Waals surface area contributed by atoms with E-state index in [9.17, 15) is 10.1 Å². The minimum Gasteiger partial charge on any atom is -0.384 e. The number of nitro groups is 1. The van der Waals surface area contributed by atoms with Crippen molar-refractivity contribution in [3.8, 4) is 0 Å². The maximum atomic E-state index is 10.9. The molecule has 3 N–H and O–H groups in total. The number of nitrogens with zero attached hydrogens (tertiary/aromatic N) is 2. The van der Waals surface area contributed by atoms with Gasteiger partial charge in [-0.3, -0.25) is 10.1 Å². The molecule has 0 atom stereocenters. The lowest BCUT2D eigenvalue weighted by atomic mass is 10.2. The van der Waals surface area contributed by atoms with Gasteiger partial charge in [-0.2, -0.15) is 0 Å². The summed E-state index contributed by atoms with van der Waals surface area (Å²) in [6.07, 6.45) is 0. The first kappa shape index (κ1) is 13.1. The van der Waals surface area contributed by atoms with E-state index in [0.717, 1.165) is 5.56 Å². The number of anilines is 3. The smallest absolute Gasteiger partial charge is 0.311 e. The van der Waals surface area contributed by atoms with Gasteiger partial charge in [0.25, 0.3) is 0 Å². The second-order valence-electron chi connectivity index (χ2n) is 3.95. The highest BCUT2D eigenvalue weighted by atomic mass is 35.5. The van der Waals surface area contributed by atoms with Gasteiger partial charge in [-0.1, -0.05) is 17.7 Å². The molecule has 0 bridgehead atoms. The predicted molar refractivity (Wildman–Crippen MR) is 74.8 cm³/mol. The van der Waals surface area contributed by atoms with Gasteiger partial charge < -0.3 is 11.1 Å². The van der Waals surface area contributed by atoms with E-state index in [4.69, 9.17) is 17.3 Å². The standard InChI is InChI=1S/C12H11ClN4O2/c1-7-2-3-8(6-9(7)13)15-12-10(17(18)19)4-5-11(14)16-12/h2-6H,1H3,(H3,14,15,16). The van der Waals surface area contributed by atoms with Crippen LogP contribution in [0.15, 0.2) is 30.3 Å². The van der Waals surface area contributed by atoms with Crippen LogP contribution in [0.4, 0.5) is 23.0 Å². The summed E-state index contributed by atoms with van der Waals surface area (Å²) in [6, 6.07) is 7.93. The Morgan fingerprint density at radius 3 is 2.74 bits per heavy atom. The van der Waals surface area contributed by atoms with Gasteiger partial charge in [0.05, 0.1) is 4.92 Å². The predicted octanol–water partition coefficient (Wildman–Crippen LogP) is 3.28. The van der Waals surface area contributed by atoms with Crippen LogP contribution >= 0.6 is 11.6 Å². The Morgan fingerprint density at radius 1 is 1.37 bits per heavy atom. The van der Waals surface area contributed by atoms with E-state index >= 15 is 0 Å². The molecule has 0 aliphatic rings. The second kappa shape index (κ2) is 5.11. The van der Waals surface area contributed by atoms with E-state index in [-0.39, 0.29) is 17.3 Å². The van der Waals surface area contributed by atoms with Crippen LogP contribution in [0.5, 0.6) is 0 Å². The molecule has 0 amide bonds. The van der Waals surface area contributed by atoms with Gasteiger partial charge >= 0.3 is 5.69 Å². The average molecular weight is 279 g/mol. The van der Waals surface area contributed by atoms with Crippen molar-refractivity contribution in [2.45, 2.75) is 6.92 Å². The molecular weight excluding hydrogens is 268 g/mol. The third kappa shape index (κ3) is 2.92. The summed E-state index contributed by atoms with van der Waals surface area (Å²) in [4.78, 5) is 14.3. The summed E-state index contributed by atoms with van der Waals surface area (Å²) in [7, 11) is 0. The van der Waals surface area contributed by atoms with E-state index in [1.807, 2.05) is 13.0 Å². The zero-order chi connectivity index (χ0) is 14.0. The topological polar surface area (TPSA) is 94.1 Å². The van der Waals surface area contributed by atoms with Gasteiger partial charge in [0.15, 0.2) is 0 Å². The molecule has 98 valence electrons. The van der Waals surface area contributed by atoms with Crippen LogP contribution in [0.25, 0.3) is 0 Å². The summed E-state index contributed by atoms with van der Waals surface area (Å²) < 4.78 is 0. The first-order valence-corrected chi connectivity index (χ1v) is 5.79. The summed E-state index contributed by atoms with van der Waals surface area (Å²) >= 11 is 5.99. The number of nitrogen functional groups attached to an aromatic ring is 1. The van der Waals surface area contributed by atoms with Gasteiger partial charge in [-0.15, -0.1) is 0 Å². The summed E-state index contributed by atoms with van der Waals surface area (Å²) in [5.74, 6) is 0.288. The number of hydrogen-bond acceptors (Lipinski definition) is 5. The van der Waals surface area contributed by atoms with Crippen molar-refractivity contribution in [3.63, 3.8) is 0 Å². The van der Waals surface area contributed by atoms with Gasteiger partial charge in [0, 0.05) is 16.8 Å². The molecular formula is C12H11ClN4O2. The largest absolute Gasteiger partial charge is 0.384 e. The van der Waals surface area contributed by atoms with Crippen LogP contribution in [-0.4, -0.2) is 9.91 Å². The lowest BCUT2D eigenvalue weighted by molar-refractivity contribution is -0.384. The fourth-order valence-corrected chi connectivity index (χ4v) is 1.69. The SMILES string of the molecule is Cc1ccc(Nc2nc(N)ccc2[N+](=O)[O-])cc1Cl. The Labute approximate surface area is 114 Å². The fourth-order valence-electron chi connectivity index (χ4n) is 1.51. The van der Waals surface area contributed by atoms with E-state index in [1.165, 1.54) is 12.1 Å². The van der Waals surface area contributed by atoms with E-state index in [2.05, 4.69) is 10.3 Å². The Morgan fingerprint density at radius 2 is 2.11 bits per heavy atom. The van der Waals surface area contributed by atoms with Crippen molar-refractivity contribution in [2.75, 3.05) is 11.1 Å². The molecule has 0 saturated carbocycles. The number of aromatic nitrogens is 1. The number of pyridine rings is 1. The second-order valence-corrected chi connectivity index (χ2v) is 4.36. The number of rotatable bonds is 3. The molecule has 1 aromatic heterocycles. The highest BCUT2D eigenvalue weighted by molar-refractivity contribution is 6.31. The molecule has 1 heterocycles. The summed E-state index contributed by atoms with van der Waals surface area (Å²) in [5, 5.41) is 14.3. The molecule has 2 rings (SSSR count). The van der Waals surface area contributed by atoms with Crippen molar-refractivity contribution >= 4 is 34.6 Å². The minimum atomic E-state index is -0.523. The fraction of sp³-hybridized carbons (Fsp3) is 0.0833. The van der Waals surface area contributed by atoms with Gasteiger partial charge in [-0.05, 0) is 30.7 Å². The number of hydrogen-bond donors (Lipinski definition) is 2. The molecule has 19 heavy (non-hydrogen) atoms. The molecule has 0 unspecified atom stereocenters. The van der Waals surface area contributed by atoms with Crippen molar-refractivity contribution < 1.29 is 4.92 Å². The van der Waals surface area contributed by atoms with Crippen LogP contribution in [0.2, 0.25) is 5.02 Å². The number of nitrogens with one attached hydrogen (secondary N) is 1. The van der Waals surface area contributed by atoms with Gasteiger partial charge in [0.2, 0.25) is 5.82 Å². The number of nitrogens with two attached hydrogens (primary N) is 1. The number of halogens is 1. The highest BCUT2D eigenvalue weighted by Crippen LogP contribution is 2.28.